The van der Waals surface area contributed by atoms with E-state index in [1.54, 1.807) is 164 Å². The fourth-order valence-electron chi connectivity index (χ4n) is 15.4. The van der Waals surface area contributed by atoms with Crippen LogP contribution in [0.5, 0.6) is 69.5 Å². The minimum atomic E-state index is -3.77. The molecule has 0 aliphatic heterocycles. The van der Waals surface area contributed by atoms with Crippen LogP contribution in [0.4, 0.5) is 0 Å². The molecule has 0 radical (unpaired) electrons. The summed E-state index contributed by atoms with van der Waals surface area (Å²) in [6.07, 6.45) is 3.02. The van der Waals surface area contributed by atoms with Gasteiger partial charge in [-0.15, -0.1) is 40.8 Å². The third-order valence-electron chi connectivity index (χ3n) is 24.0. The topological polar surface area (TPSA) is 503 Å². The van der Waals surface area contributed by atoms with Gasteiger partial charge in [-0.3, -0.25) is 18.3 Å². The van der Waals surface area contributed by atoms with Crippen LogP contribution in [0.2, 0.25) is 0 Å². The third kappa shape index (κ3) is 22.5. The Morgan fingerprint density at radius 2 is 0.419 bits per heavy atom. The molecule has 4 fully saturated rings. The predicted octanol–water partition coefficient (Wildman–Crippen LogP) is 9.72. The summed E-state index contributed by atoms with van der Waals surface area (Å²) in [4.78, 5) is 17.8. The van der Waals surface area contributed by atoms with Gasteiger partial charge in [-0.05, 0) is 176 Å². The highest BCUT2D eigenvalue weighted by Crippen LogP contribution is 2.46. The van der Waals surface area contributed by atoms with E-state index in [1.165, 1.54) is 113 Å². The maximum absolute atomic E-state index is 13.3. The Morgan fingerprint density at radius 3 is 0.566 bits per heavy atom. The number of rotatable bonds is 40. The monoisotopic (exact) mass is 1950 g/mol. The molecule has 12 aromatic rings. The highest BCUT2D eigenvalue weighted by molar-refractivity contribution is 7.92. The molecule has 16 rings (SSSR count). The van der Waals surface area contributed by atoms with Gasteiger partial charge >= 0.3 is 0 Å². The average Bonchev–Trinajstić information content (AvgIpc) is 1.63. The van der Waals surface area contributed by atoms with Gasteiger partial charge in [0, 0.05) is 24.3 Å². The predicted molar refractivity (Wildman–Crippen MR) is 500 cm³/mol. The molecule has 8 atom stereocenters. The molecule has 0 bridgehead atoms. The Kier molecular flexibility index (Phi) is 32.2. The first-order valence-corrected chi connectivity index (χ1v) is 50.3. The van der Waals surface area contributed by atoms with E-state index in [0.717, 1.165) is 51.4 Å². The van der Waals surface area contributed by atoms with Crippen LogP contribution in [0.15, 0.2) is 146 Å². The Labute approximate surface area is 788 Å². The Balaban J connectivity index is 0.000000153. The number of nitrogens with zero attached hydrogens (tertiary/aromatic N) is 16. The molecule has 728 valence electrons. The molecule has 8 heterocycles. The van der Waals surface area contributed by atoms with Gasteiger partial charge < -0.3 is 77.3 Å². The normalized spacial score (nSPS) is 15.6. The number of hydrogen-bond acceptors (Lipinski definition) is 36. The summed E-state index contributed by atoms with van der Waals surface area (Å²) < 4.78 is 178. The first-order valence-electron chi connectivity index (χ1n) is 43.5. The minimum absolute atomic E-state index is 0.0218. The molecule has 4 saturated carbocycles. The van der Waals surface area contributed by atoms with Gasteiger partial charge in [0.15, 0.2) is 85.9 Å². The van der Waals surface area contributed by atoms with E-state index in [4.69, 9.17) is 56.8 Å². The number of sulfone groups is 4. The van der Waals surface area contributed by atoms with Crippen molar-refractivity contribution in [3.8, 4) is 138 Å². The molecule has 4 aromatic carbocycles. The molecule has 0 amide bonds. The second-order valence-electron chi connectivity index (χ2n) is 32.8. The van der Waals surface area contributed by atoms with Crippen LogP contribution in [0.25, 0.3) is 68.8 Å². The van der Waals surface area contributed by atoms with Crippen molar-refractivity contribution in [2.75, 3.05) is 85.3 Å². The Hall–Kier alpha value is -12.7. The number of aromatic nitrogens is 16. The van der Waals surface area contributed by atoms with Crippen molar-refractivity contribution in [2.24, 2.45) is 23.7 Å². The summed E-state index contributed by atoms with van der Waals surface area (Å²) >= 11 is 0. The van der Waals surface area contributed by atoms with Crippen LogP contribution in [-0.2, 0) is 62.4 Å². The molecule has 0 unspecified atom stereocenters. The number of hydrogen-bond donors (Lipinski definition) is 4. The maximum Gasteiger partial charge on any atom is 0.213 e. The van der Waals surface area contributed by atoms with Crippen LogP contribution >= 0.6 is 0 Å². The zero-order chi connectivity index (χ0) is 97.8. The lowest BCUT2D eigenvalue weighted by Gasteiger charge is -2.20. The fourth-order valence-corrected chi connectivity index (χ4v) is 21.3. The summed E-state index contributed by atoms with van der Waals surface area (Å²) in [6.45, 7) is 6.14. The largest absolute Gasteiger partial charge is 0.494 e. The first kappa shape index (κ1) is 101. The van der Waals surface area contributed by atoms with Crippen LogP contribution in [-0.4, -0.2) is 264 Å². The molecule has 4 aliphatic rings. The Morgan fingerprint density at radius 1 is 0.257 bits per heavy atom. The highest BCUT2D eigenvalue weighted by Gasteiger charge is 2.45. The number of aliphatic hydroxyl groups excluding tert-OH is 4. The van der Waals surface area contributed by atoms with Crippen LogP contribution in [0.3, 0.4) is 0 Å². The number of pyridine rings is 4. The Bertz CT molecular complexity index is 5790. The fraction of sp³-hybridized carbons (Fsp3) is 0.435. The second kappa shape index (κ2) is 43.5. The van der Waals surface area contributed by atoms with Crippen LogP contribution < -0.4 is 56.8 Å². The lowest BCUT2D eigenvalue weighted by molar-refractivity contribution is 0.149. The van der Waals surface area contributed by atoms with Crippen molar-refractivity contribution in [3.05, 3.63) is 169 Å². The molecule has 136 heavy (non-hydrogen) atoms. The average molecular weight is 1950 g/mol. The van der Waals surface area contributed by atoms with Gasteiger partial charge in [0.25, 0.3) is 0 Å². The van der Waals surface area contributed by atoms with E-state index in [0.29, 0.717) is 138 Å². The van der Waals surface area contributed by atoms with E-state index >= 15 is 0 Å². The summed E-state index contributed by atoms with van der Waals surface area (Å²) in [6, 6.07) is 41.6. The zero-order valence-electron chi connectivity index (χ0n) is 78.0. The number of aliphatic hydroxyl groups is 4. The molecule has 8 aromatic heterocycles. The SMILES string of the molecule is COc1cccc(-c2nnc(CS(=O)(=O)[C@@H](C)[C@@H](O)C3CC3)n2-c2c(OC)cccc2OC)n1.COc1cccc(-c2nnc(CS(=O)(=O)[C@@H](C)[C@H](O)C3CC3)n2-c2c(OC)cccc2OC)n1.COc1cccc(-c2nnc(CS(=O)(=O)[C@H](C)[C@@H](O)C3CC3)n2-c2c(OC)cccc2OC)n1.COc1cccc(-c2nnc(CS(=O)(=O)[C@H](C)[C@H](O)C3CC3)n2-c2c(OC)cccc2OC)n1. The second-order valence-corrected chi connectivity index (χ2v) is 42.2. The summed E-state index contributed by atoms with van der Waals surface area (Å²) in [7, 11) is 3.03. The van der Waals surface area contributed by atoms with Crippen LogP contribution in [0.1, 0.15) is 102 Å². The number of methoxy groups -OCH3 is 12. The van der Waals surface area contributed by atoms with Crippen molar-refractivity contribution < 1.29 is 111 Å². The molecule has 0 saturated heterocycles. The van der Waals surface area contributed by atoms with Gasteiger partial charge in [-0.2, -0.15) is 0 Å². The van der Waals surface area contributed by atoms with Crippen molar-refractivity contribution in [1.82, 2.24) is 79.0 Å². The van der Waals surface area contributed by atoms with Crippen molar-refractivity contribution in [2.45, 2.75) is 147 Å². The number of ether oxygens (including phenoxy) is 12. The van der Waals surface area contributed by atoms with E-state index in [2.05, 4.69) is 60.7 Å². The standard InChI is InChI=1S/4C23H28N4O6S/c4*1-14(22(28)15-11-12-15)34(29,30)13-19-25-26-23(16-7-5-10-20(24-16)33-4)27(19)21-17(31-2)8-6-9-18(21)32-3/h4*5-10,14-15,22,28H,11-13H2,1-4H3/t2*14-,22+;2*14-,22-/m1010/s1. The number of para-hydroxylation sites is 4. The lowest BCUT2D eigenvalue weighted by Crippen LogP contribution is -2.34. The zero-order valence-corrected chi connectivity index (χ0v) is 81.3. The van der Waals surface area contributed by atoms with Crippen molar-refractivity contribution >= 4 is 39.3 Å². The first-order chi connectivity index (χ1) is 65.2. The molecule has 4 N–H and O–H groups in total. The molecule has 40 nitrogen and oxygen atoms in total. The van der Waals surface area contributed by atoms with E-state index in [-0.39, 0.29) is 47.0 Å². The van der Waals surface area contributed by atoms with Crippen molar-refractivity contribution in [1.29, 1.82) is 0 Å². The van der Waals surface area contributed by atoms with Gasteiger partial charge in [0.1, 0.15) is 115 Å². The van der Waals surface area contributed by atoms with E-state index in [9.17, 15) is 54.1 Å². The highest BCUT2D eigenvalue weighted by atomic mass is 32.2. The van der Waals surface area contributed by atoms with Crippen LogP contribution in [0, 0.1) is 23.7 Å². The van der Waals surface area contributed by atoms with Gasteiger partial charge in [-0.1, -0.05) is 48.5 Å². The van der Waals surface area contributed by atoms with Gasteiger partial charge in [-0.25, -0.2) is 53.6 Å². The van der Waals surface area contributed by atoms with E-state index < -0.39 is 108 Å². The summed E-state index contributed by atoms with van der Waals surface area (Å²) in [5.41, 5.74) is 3.47. The number of benzene rings is 4. The molecular formula is C92H112N16O24S4. The maximum atomic E-state index is 13.3. The minimum Gasteiger partial charge on any atom is -0.494 e. The van der Waals surface area contributed by atoms with Crippen molar-refractivity contribution in [3.63, 3.8) is 0 Å². The molecule has 44 heteroatoms. The molecular weight excluding hydrogens is 1840 g/mol. The summed E-state index contributed by atoms with van der Waals surface area (Å²) in [5, 5.41) is 72.2. The third-order valence-corrected chi connectivity index (χ3v) is 32.3. The van der Waals surface area contributed by atoms with E-state index in [1.807, 2.05) is 0 Å². The molecule has 4 aliphatic carbocycles. The quantitative estimate of drug-likeness (QED) is 0.0277. The van der Waals surface area contributed by atoms with Gasteiger partial charge in [0.05, 0.1) is 131 Å². The smallest absolute Gasteiger partial charge is 0.213 e. The van der Waals surface area contributed by atoms with Gasteiger partial charge in [0.2, 0.25) is 23.5 Å². The summed E-state index contributed by atoms with van der Waals surface area (Å²) in [5.74, 6) is 5.11. The lowest BCUT2D eigenvalue weighted by atomic mass is 10.2. The molecule has 0 spiro atoms.